The number of rotatable bonds is 3. The van der Waals surface area contributed by atoms with Crippen LogP contribution in [0.5, 0.6) is 0 Å². The van der Waals surface area contributed by atoms with Gasteiger partial charge in [-0.2, -0.15) is 0 Å². The second kappa shape index (κ2) is 6.97. The largest absolute Gasteiger partial charge is 0.381 e. The molecule has 3 aliphatic rings. The summed E-state index contributed by atoms with van der Waals surface area (Å²) < 4.78 is 5.55. The summed E-state index contributed by atoms with van der Waals surface area (Å²) in [4.78, 5) is 17.5. The standard InChI is InChI=1S/C22H32N2O2/c1-16-4-5-17-15-21(25)24(20(17)14-16)18-8-12-23(13-9-18)22(2)10-6-19(26-3)7-11-22/h4-5,14,18-19H,6-13,15H2,1-3H3. The zero-order valence-corrected chi connectivity index (χ0v) is 16.5. The average Bonchev–Trinajstić information content (AvgIpc) is 2.97. The van der Waals surface area contributed by atoms with E-state index in [1.54, 1.807) is 0 Å². The lowest BCUT2D eigenvalue weighted by Crippen LogP contribution is -2.55. The summed E-state index contributed by atoms with van der Waals surface area (Å²) in [6.07, 6.45) is 7.98. The Bertz CT molecular complexity index is 671. The maximum Gasteiger partial charge on any atom is 0.231 e. The Balaban J connectivity index is 1.42. The Morgan fingerprint density at radius 1 is 1.12 bits per heavy atom. The second-order valence-electron chi connectivity index (χ2n) is 8.72. The van der Waals surface area contributed by atoms with Gasteiger partial charge in [-0.25, -0.2) is 0 Å². The van der Waals surface area contributed by atoms with E-state index in [1.165, 1.54) is 42.5 Å². The van der Waals surface area contributed by atoms with E-state index in [2.05, 4.69) is 41.8 Å². The van der Waals surface area contributed by atoms with E-state index < -0.39 is 0 Å². The van der Waals surface area contributed by atoms with Crippen LogP contribution in [-0.2, 0) is 16.0 Å². The van der Waals surface area contributed by atoms with Crippen molar-refractivity contribution in [2.75, 3.05) is 25.1 Å². The van der Waals surface area contributed by atoms with Crippen molar-refractivity contribution in [2.24, 2.45) is 0 Å². The Labute approximate surface area is 157 Å². The normalized spacial score (nSPS) is 30.7. The van der Waals surface area contributed by atoms with E-state index in [9.17, 15) is 4.79 Å². The molecule has 1 aliphatic carbocycles. The number of benzene rings is 1. The molecule has 0 N–H and O–H groups in total. The van der Waals surface area contributed by atoms with Gasteiger partial charge in [0.15, 0.2) is 0 Å². The summed E-state index contributed by atoms with van der Waals surface area (Å²) in [5.41, 5.74) is 3.92. The number of aryl methyl sites for hydroxylation is 1. The quantitative estimate of drug-likeness (QED) is 0.828. The van der Waals surface area contributed by atoms with Crippen molar-refractivity contribution in [3.63, 3.8) is 0 Å². The molecule has 0 aromatic heterocycles. The summed E-state index contributed by atoms with van der Waals surface area (Å²) in [5, 5.41) is 0. The fraction of sp³-hybridized carbons (Fsp3) is 0.682. The van der Waals surface area contributed by atoms with Crippen LogP contribution < -0.4 is 4.90 Å². The van der Waals surface area contributed by atoms with Crippen molar-refractivity contribution >= 4 is 11.6 Å². The number of hydrogen-bond acceptors (Lipinski definition) is 3. The highest BCUT2D eigenvalue weighted by Gasteiger charge is 2.40. The van der Waals surface area contributed by atoms with Gasteiger partial charge >= 0.3 is 0 Å². The molecule has 1 saturated carbocycles. The molecule has 1 aromatic carbocycles. The number of hydrogen-bond donors (Lipinski definition) is 0. The Morgan fingerprint density at radius 2 is 1.81 bits per heavy atom. The summed E-state index contributed by atoms with van der Waals surface area (Å²) in [6, 6.07) is 6.81. The molecular formula is C22H32N2O2. The van der Waals surface area contributed by atoms with Gasteiger partial charge in [-0.15, -0.1) is 0 Å². The van der Waals surface area contributed by atoms with Crippen LogP contribution in [-0.4, -0.2) is 48.7 Å². The zero-order valence-electron chi connectivity index (χ0n) is 16.5. The van der Waals surface area contributed by atoms with Gasteiger partial charge in [-0.1, -0.05) is 12.1 Å². The van der Waals surface area contributed by atoms with Crippen LogP contribution in [0.1, 0.15) is 56.6 Å². The third-order valence-electron chi connectivity index (χ3n) is 7.05. The monoisotopic (exact) mass is 356 g/mol. The first-order valence-corrected chi connectivity index (χ1v) is 10.2. The Morgan fingerprint density at radius 3 is 2.46 bits per heavy atom. The minimum atomic E-state index is 0.288. The molecule has 142 valence electrons. The van der Waals surface area contributed by atoms with E-state index in [-0.39, 0.29) is 5.91 Å². The molecule has 0 radical (unpaired) electrons. The first-order chi connectivity index (χ1) is 12.5. The van der Waals surface area contributed by atoms with Gasteiger partial charge in [0, 0.05) is 37.5 Å². The van der Waals surface area contributed by atoms with Crippen LogP contribution in [0, 0.1) is 6.92 Å². The summed E-state index contributed by atoms with van der Waals surface area (Å²) in [5.74, 6) is 0.288. The van der Waals surface area contributed by atoms with Crippen molar-refractivity contribution in [2.45, 2.75) is 76.5 Å². The predicted octanol–water partition coefficient (Wildman–Crippen LogP) is 3.70. The third kappa shape index (κ3) is 3.18. The lowest BCUT2D eigenvalue weighted by molar-refractivity contribution is -0.118. The van der Waals surface area contributed by atoms with Crippen molar-refractivity contribution in [3.05, 3.63) is 29.3 Å². The SMILES string of the molecule is COC1CCC(C)(N2CCC(N3C(=O)Cc4ccc(C)cc43)CC2)CC1. The lowest BCUT2D eigenvalue weighted by atomic mass is 9.79. The number of fused-ring (bicyclic) bond motifs is 1. The van der Waals surface area contributed by atoms with Crippen molar-refractivity contribution in [1.29, 1.82) is 0 Å². The molecule has 1 aromatic rings. The highest BCUT2D eigenvalue weighted by atomic mass is 16.5. The van der Waals surface area contributed by atoms with Crippen molar-refractivity contribution in [1.82, 2.24) is 4.90 Å². The van der Waals surface area contributed by atoms with Gasteiger partial charge in [0.05, 0.1) is 12.5 Å². The van der Waals surface area contributed by atoms with Gasteiger partial charge in [0.1, 0.15) is 0 Å². The second-order valence-corrected chi connectivity index (χ2v) is 8.72. The molecule has 0 bridgehead atoms. The smallest absolute Gasteiger partial charge is 0.231 e. The molecule has 0 atom stereocenters. The Kier molecular flexibility index (Phi) is 4.83. The average molecular weight is 357 g/mol. The van der Waals surface area contributed by atoms with E-state index in [0.717, 1.165) is 25.9 Å². The maximum atomic E-state index is 12.7. The molecular weight excluding hydrogens is 324 g/mol. The number of carbonyl (C=O) groups is 1. The number of anilines is 1. The van der Waals surface area contributed by atoms with Crippen molar-refractivity contribution < 1.29 is 9.53 Å². The van der Waals surface area contributed by atoms with Gasteiger partial charge in [0.25, 0.3) is 0 Å². The molecule has 2 heterocycles. The van der Waals surface area contributed by atoms with Crippen LogP contribution in [0.3, 0.4) is 0 Å². The minimum absolute atomic E-state index is 0.288. The molecule has 4 rings (SSSR count). The number of carbonyl (C=O) groups excluding carboxylic acids is 1. The zero-order chi connectivity index (χ0) is 18.3. The van der Waals surface area contributed by atoms with E-state index in [0.29, 0.717) is 24.1 Å². The van der Waals surface area contributed by atoms with Crippen LogP contribution in [0.25, 0.3) is 0 Å². The van der Waals surface area contributed by atoms with Gasteiger partial charge in [-0.05, 0) is 69.6 Å². The van der Waals surface area contributed by atoms with E-state index in [1.807, 2.05) is 7.11 Å². The molecule has 0 unspecified atom stereocenters. The Hall–Kier alpha value is -1.39. The van der Waals surface area contributed by atoms with E-state index >= 15 is 0 Å². The van der Waals surface area contributed by atoms with Gasteiger partial charge in [0.2, 0.25) is 5.91 Å². The van der Waals surface area contributed by atoms with Crippen LogP contribution in [0.4, 0.5) is 5.69 Å². The molecule has 2 fully saturated rings. The molecule has 26 heavy (non-hydrogen) atoms. The van der Waals surface area contributed by atoms with Gasteiger partial charge in [-0.3, -0.25) is 9.69 Å². The van der Waals surface area contributed by atoms with E-state index in [4.69, 9.17) is 4.74 Å². The first-order valence-electron chi connectivity index (χ1n) is 10.2. The first kappa shape index (κ1) is 18.0. The highest BCUT2D eigenvalue weighted by Crippen LogP contribution is 2.39. The minimum Gasteiger partial charge on any atom is -0.381 e. The number of likely N-dealkylation sites (tertiary alicyclic amines) is 1. The third-order valence-corrected chi connectivity index (χ3v) is 7.05. The summed E-state index contributed by atoms with van der Waals surface area (Å²) in [6.45, 7) is 6.74. The molecule has 4 heteroatoms. The summed E-state index contributed by atoms with van der Waals surface area (Å²) >= 11 is 0. The maximum absolute atomic E-state index is 12.7. The highest BCUT2D eigenvalue weighted by molar-refractivity contribution is 6.02. The molecule has 4 nitrogen and oxygen atoms in total. The predicted molar refractivity (Wildman–Crippen MR) is 105 cm³/mol. The number of piperidine rings is 1. The fourth-order valence-corrected chi connectivity index (χ4v) is 5.26. The number of methoxy groups -OCH3 is 1. The number of ether oxygens (including phenoxy) is 1. The summed E-state index contributed by atoms with van der Waals surface area (Å²) in [7, 11) is 1.84. The molecule has 0 spiro atoms. The van der Waals surface area contributed by atoms with Crippen LogP contribution in [0.2, 0.25) is 0 Å². The molecule has 2 aliphatic heterocycles. The van der Waals surface area contributed by atoms with Crippen LogP contribution >= 0.6 is 0 Å². The molecule has 1 amide bonds. The fourth-order valence-electron chi connectivity index (χ4n) is 5.26. The van der Waals surface area contributed by atoms with Gasteiger partial charge < -0.3 is 9.64 Å². The molecule has 1 saturated heterocycles. The van der Waals surface area contributed by atoms with Crippen molar-refractivity contribution in [3.8, 4) is 0 Å². The lowest BCUT2D eigenvalue weighted by Gasteiger charge is -2.49. The topological polar surface area (TPSA) is 32.8 Å². The number of nitrogens with zero attached hydrogens (tertiary/aromatic N) is 2. The number of amides is 1. The van der Waals surface area contributed by atoms with Crippen LogP contribution in [0.15, 0.2) is 18.2 Å².